The van der Waals surface area contributed by atoms with Crippen molar-refractivity contribution in [1.82, 2.24) is 10.6 Å². The average molecular weight is 186 g/mol. The number of carbonyl (C=O) groups is 1. The molecule has 0 radical (unpaired) electrons. The van der Waals surface area contributed by atoms with Crippen molar-refractivity contribution in [2.24, 2.45) is 11.8 Å². The molecule has 0 aromatic heterocycles. The molecule has 4 nitrogen and oxygen atoms in total. The summed E-state index contributed by atoms with van der Waals surface area (Å²) in [6, 6.07) is -0.139. The molecule has 1 fully saturated rings. The first-order valence-corrected chi connectivity index (χ1v) is 4.77. The van der Waals surface area contributed by atoms with E-state index < -0.39 is 0 Å². The van der Waals surface area contributed by atoms with Crippen LogP contribution < -0.4 is 10.6 Å². The van der Waals surface area contributed by atoms with Crippen molar-refractivity contribution in [3.63, 3.8) is 0 Å². The van der Waals surface area contributed by atoms with Crippen LogP contribution in [0.1, 0.15) is 13.8 Å². The smallest absolute Gasteiger partial charge is 0.225 e. The number of nitrogens with one attached hydrogen (secondary N) is 2. The van der Waals surface area contributed by atoms with Crippen molar-refractivity contribution in [1.29, 1.82) is 0 Å². The van der Waals surface area contributed by atoms with Crippen molar-refractivity contribution in [2.75, 3.05) is 19.7 Å². The van der Waals surface area contributed by atoms with Gasteiger partial charge in [-0.05, 0) is 19.4 Å². The molecule has 1 heterocycles. The number of hydrogen-bond donors (Lipinski definition) is 3. The van der Waals surface area contributed by atoms with Crippen LogP contribution in [-0.2, 0) is 4.79 Å². The van der Waals surface area contributed by atoms with Gasteiger partial charge in [-0.15, -0.1) is 0 Å². The molecule has 4 heteroatoms. The van der Waals surface area contributed by atoms with Crippen LogP contribution in [0.5, 0.6) is 0 Å². The van der Waals surface area contributed by atoms with E-state index in [-0.39, 0.29) is 24.5 Å². The lowest BCUT2D eigenvalue weighted by Crippen LogP contribution is -2.41. The van der Waals surface area contributed by atoms with Gasteiger partial charge in [0.05, 0.1) is 12.5 Å². The normalized spacial score (nSPS) is 30.1. The summed E-state index contributed by atoms with van der Waals surface area (Å²) in [5.74, 6) is 0.513. The molecular weight excluding hydrogens is 168 g/mol. The number of hydrogen-bond acceptors (Lipinski definition) is 3. The zero-order chi connectivity index (χ0) is 9.84. The maximum absolute atomic E-state index is 11.6. The summed E-state index contributed by atoms with van der Waals surface area (Å²) in [5, 5.41) is 14.7. The Bertz CT molecular complexity index is 184. The van der Waals surface area contributed by atoms with Gasteiger partial charge in [-0.3, -0.25) is 4.79 Å². The third kappa shape index (κ3) is 2.67. The van der Waals surface area contributed by atoms with Crippen LogP contribution in [0.2, 0.25) is 0 Å². The third-order valence-corrected chi connectivity index (χ3v) is 2.52. The predicted molar refractivity (Wildman–Crippen MR) is 50.2 cm³/mol. The lowest BCUT2D eigenvalue weighted by molar-refractivity contribution is -0.126. The Morgan fingerprint density at radius 1 is 1.69 bits per heavy atom. The molecule has 0 aromatic rings. The van der Waals surface area contributed by atoms with E-state index in [1.54, 1.807) is 6.92 Å². The molecule has 0 aliphatic carbocycles. The van der Waals surface area contributed by atoms with Gasteiger partial charge < -0.3 is 15.7 Å². The topological polar surface area (TPSA) is 61.4 Å². The van der Waals surface area contributed by atoms with E-state index in [0.717, 1.165) is 13.1 Å². The Labute approximate surface area is 78.7 Å². The van der Waals surface area contributed by atoms with E-state index >= 15 is 0 Å². The van der Waals surface area contributed by atoms with Crippen molar-refractivity contribution >= 4 is 5.91 Å². The first kappa shape index (κ1) is 10.5. The molecule has 0 bridgehead atoms. The van der Waals surface area contributed by atoms with E-state index in [1.165, 1.54) is 0 Å². The van der Waals surface area contributed by atoms with Gasteiger partial charge in [-0.25, -0.2) is 0 Å². The second kappa shape index (κ2) is 4.58. The minimum atomic E-state index is -0.139. The summed E-state index contributed by atoms with van der Waals surface area (Å²) >= 11 is 0. The van der Waals surface area contributed by atoms with E-state index in [1.807, 2.05) is 0 Å². The van der Waals surface area contributed by atoms with Gasteiger partial charge in [0.25, 0.3) is 0 Å². The zero-order valence-electron chi connectivity index (χ0n) is 8.21. The molecule has 0 spiro atoms. The highest BCUT2D eigenvalue weighted by atomic mass is 16.3. The summed E-state index contributed by atoms with van der Waals surface area (Å²) < 4.78 is 0. The molecule has 76 valence electrons. The summed E-state index contributed by atoms with van der Waals surface area (Å²) in [6.07, 6.45) is 0. The molecule has 1 aliphatic rings. The van der Waals surface area contributed by atoms with Crippen LogP contribution in [0.3, 0.4) is 0 Å². The highest BCUT2D eigenvalue weighted by Crippen LogP contribution is 2.15. The number of aliphatic hydroxyl groups excluding tert-OH is 1. The summed E-state index contributed by atoms with van der Waals surface area (Å²) in [4.78, 5) is 11.6. The molecule has 1 rings (SSSR count). The Kier molecular flexibility index (Phi) is 3.69. The Morgan fingerprint density at radius 2 is 2.38 bits per heavy atom. The second-order valence-electron chi connectivity index (χ2n) is 3.83. The Hall–Kier alpha value is -0.610. The van der Waals surface area contributed by atoms with Crippen LogP contribution in [0.4, 0.5) is 0 Å². The molecule has 0 aromatic carbocycles. The Morgan fingerprint density at radius 3 is 2.85 bits per heavy atom. The number of rotatable bonds is 3. The van der Waals surface area contributed by atoms with E-state index in [4.69, 9.17) is 5.11 Å². The van der Waals surface area contributed by atoms with Gasteiger partial charge in [-0.1, -0.05) is 6.92 Å². The largest absolute Gasteiger partial charge is 0.394 e. The molecular formula is C9H18N2O2. The average Bonchev–Trinajstić information content (AvgIpc) is 2.51. The van der Waals surface area contributed by atoms with Gasteiger partial charge in [0.15, 0.2) is 0 Å². The predicted octanol–water partition coefficient (Wildman–Crippen LogP) is -0.661. The van der Waals surface area contributed by atoms with Crippen molar-refractivity contribution in [3.8, 4) is 0 Å². The van der Waals surface area contributed by atoms with E-state index in [2.05, 4.69) is 17.6 Å². The standard InChI is InChI=1S/C9H18N2O2/c1-6-3-10-4-8(6)9(13)11-7(2)5-12/h6-8,10,12H,3-5H2,1-2H3,(H,11,13)/t6?,7-,8?/m1/s1. The minimum Gasteiger partial charge on any atom is -0.394 e. The molecule has 1 saturated heterocycles. The monoisotopic (exact) mass is 186 g/mol. The number of amides is 1. The minimum absolute atomic E-state index is 0.000267. The van der Waals surface area contributed by atoms with Crippen LogP contribution >= 0.6 is 0 Å². The fraction of sp³-hybridized carbons (Fsp3) is 0.889. The molecule has 2 unspecified atom stereocenters. The number of carbonyl (C=O) groups excluding carboxylic acids is 1. The zero-order valence-corrected chi connectivity index (χ0v) is 8.21. The van der Waals surface area contributed by atoms with Crippen molar-refractivity contribution in [2.45, 2.75) is 19.9 Å². The Balaban J connectivity index is 2.38. The first-order chi connectivity index (χ1) is 6.15. The van der Waals surface area contributed by atoms with Crippen molar-refractivity contribution in [3.05, 3.63) is 0 Å². The summed E-state index contributed by atoms with van der Waals surface area (Å²) in [7, 11) is 0. The highest BCUT2D eigenvalue weighted by Gasteiger charge is 2.29. The fourth-order valence-corrected chi connectivity index (χ4v) is 1.56. The molecule has 0 saturated carbocycles. The van der Waals surface area contributed by atoms with Crippen LogP contribution in [0.25, 0.3) is 0 Å². The SMILES string of the molecule is CC1CNCC1C(=O)N[C@H](C)CO. The molecule has 3 atom stereocenters. The fourth-order valence-electron chi connectivity index (χ4n) is 1.56. The maximum atomic E-state index is 11.6. The molecule has 1 amide bonds. The lowest BCUT2D eigenvalue weighted by Gasteiger charge is -2.17. The van der Waals surface area contributed by atoms with Gasteiger partial charge >= 0.3 is 0 Å². The van der Waals surface area contributed by atoms with E-state index in [0.29, 0.717) is 5.92 Å². The van der Waals surface area contributed by atoms with Gasteiger partial charge in [0, 0.05) is 12.6 Å². The lowest BCUT2D eigenvalue weighted by atomic mass is 9.97. The van der Waals surface area contributed by atoms with Gasteiger partial charge in [-0.2, -0.15) is 0 Å². The number of aliphatic hydroxyl groups is 1. The quantitative estimate of drug-likeness (QED) is 0.548. The maximum Gasteiger partial charge on any atom is 0.225 e. The van der Waals surface area contributed by atoms with Crippen LogP contribution in [0.15, 0.2) is 0 Å². The van der Waals surface area contributed by atoms with Gasteiger partial charge in [0.2, 0.25) is 5.91 Å². The van der Waals surface area contributed by atoms with Crippen molar-refractivity contribution < 1.29 is 9.90 Å². The molecule has 1 aliphatic heterocycles. The van der Waals surface area contributed by atoms with E-state index in [9.17, 15) is 4.79 Å². The van der Waals surface area contributed by atoms with Crippen LogP contribution in [-0.4, -0.2) is 36.8 Å². The highest BCUT2D eigenvalue weighted by molar-refractivity contribution is 5.79. The second-order valence-corrected chi connectivity index (χ2v) is 3.83. The summed E-state index contributed by atoms with van der Waals surface area (Å²) in [6.45, 7) is 5.52. The van der Waals surface area contributed by atoms with Gasteiger partial charge in [0.1, 0.15) is 0 Å². The van der Waals surface area contributed by atoms with Crippen LogP contribution in [0, 0.1) is 11.8 Å². The third-order valence-electron chi connectivity index (χ3n) is 2.52. The molecule has 3 N–H and O–H groups in total. The summed E-state index contributed by atoms with van der Waals surface area (Å²) in [5.41, 5.74) is 0. The first-order valence-electron chi connectivity index (χ1n) is 4.77. The molecule has 13 heavy (non-hydrogen) atoms.